The third-order valence-corrected chi connectivity index (χ3v) is 5.76. The van der Waals surface area contributed by atoms with Crippen molar-refractivity contribution < 1.29 is 19.1 Å². The summed E-state index contributed by atoms with van der Waals surface area (Å²) in [5.74, 6) is -0.899. The van der Waals surface area contributed by atoms with Gasteiger partial charge in [0, 0.05) is 42.8 Å². The molecule has 1 atom stereocenters. The summed E-state index contributed by atoms with van der Waals surface area (Å²) in [6.07, 6.45) is 1.48. The van der Waals surface area contributed by atoms with Crippen LogP contribution in [0, 0.1) is 19.8 Å². The largest absolute Gasteiger partial charge is 0.466 e. The van der Waals surface area contributed by atoms with Crippen molar-refractivity contribution >= 4 is 17.8 Å². The molecule has 2 aromatic rings. The van der Waals surface area contributed by atoms with Gasteiger partial charge in [-0.25, -0.2) is 0 Å². The molecule has 2 amide bonds. The summed E-state index contributed by atoms with van der Waals surface area (Å²) >= 11 is 0. The molecular weight excluding hydrogens is 394 g/mol. The summed E-state index contributed by atoms with van der Waals surface area (Å²) < 4.78 is 7.22. The first-order valence-electron chi connectivity index (χ1n) is 10.8. The van der Waals surface area contributed by atoms with E-state index in [0.717, 1.165) is 29.9 Å². The summed E-state index contributed by atoms with van der Waals surface area (Å²) in [4.78, 5) is 40.7. The van der Waals surface area contributed by atoms with Crippen molar-refractivity contribution in [2.75, 3.05) is 33.3 Å². The average Bonchev–Trinajstić information content (AvgIpc) is 3.11. The third-order valence-electron chi connectivity index (χ3n) is 5.76. The van der Waals surface area contributed by atoms with E-state index in [4.69, 9.17) is 4.74 Å². The molecule has 1 aliphatic rings. The zero-order valence-electron chi connectivity index (χ0n) is 18.8. The van der Waals surface area contributed by atoms with E-state index in [9.17, 15) is 14.4 Å². The second-order valence-corrected chi connectivity index (χ2v) is 8.09. The van der Waals surface area contributed by atoms with Crippen LogP contribution >= 0.6 is 0 Å². The van der Waals surface area contributed by atoms with Gasteiger partial charge in [-0.1, -0.05) is 0 Å². The second kappa shape index (κ2) is 9.81. The molecule has 0 bridgehead atoms. The summed E-state index contributed by atoms with van der Waals surface area (Å²) in [5, 5.41) is 0. The molecule has 1 unspecified atom stereocenters. The first-order valence-corrected chi connectivity index (χ1v) is 10.8. The molecule has 0 radical (unpaired) electrons. The molecule has 1 aliphatic heterocycles. The number of nitrogens with zero attached hydrogens (tertiary/aromatic N) is 3. The summed E-state index contributed by atoms with van der Waals surface area (Å²) in [6, 6.07) is 11.5. The highest BCUT2D eigenvalue weighted by molar-refractivity contribution is 5.96. The van der Waals surface area contributed by atoms with Gasteiger partial charge in [0.05, 0.1) is 19.1 Å². The van der Waals surface area contributed by atoms with Crippen LogP contribution in [0.2, 0.25) is 0 Å². The van der Waals surface area contributed by atoms with E-state index < -0.39 is 0 Å². The minimum absolute atomic E-state index is 0.0219. The molecule has 0 aliphatic carbocycles. The molecule has 1 saturated heterocycles. The molecular formula is C24H31N3O4. The first-order chi connectivity index (χ1) is 14.8. The number of amides is 2. The van der Waals surface area contributed by atoms with Crippen LogP contribution in [0.5, 0.6) is 0 Å². The Bertz CT molecular complexity index is 929. The molecule has 2 heterocycles. The van der Waals surface area contributed by atoms with Crippen LogP contribution in [0.3, 0.4) is 0 Å². The van der Waals surface area contributed by atoms with Crippen molar-refractivity contribution in [3.8, 4) is 5.69 Å². The molecule has 7 nitrogen and oxygen atoms in total. The number of aryl methyl sites for hydroxylation is 2. The monoisotopic (exact) mass is 425 g/mol. The first kappa shape index (κ1) is 22.6. The normalized spacial score (nSPS) is 16.1. The lowest BCUT2D eigenvalue weighted by molar-refractivity contribution is -0.151. The molecule has 1 fully saturated rings. The molecule has 0 spiro atoms. The molecule has 3 rings (SSSR count). The Morgan fingerprint density at radius 1 is 1.06 bits per heavy atom. The molecule has 0 N–H and O–H groups in total. The van der Waals surface area contributed by atoms with Crippen LogP contribution in [0.1, 0.15) is 41.5 Å². The Morgan fingerprint density at radius 2 is 1.71 bits per heavy atom. The number of esters is 1. The van der Waals surface area contributed by atoms with Crippen molar-refractivity contribution in [1.29, 1.82) is 0 Å². The number of rotatable bonds is 6. The van der Waals surface area contributed by atoms with Gasteiger partial charge in [0.15, 0.2) is 0 Å². The van der Waals surface area contributed by atoms with Gasteiger partial charge in [-0.05, 0) is 70.0 Å². The zero-order valence-corrected chi connectivity index (χ0v) is 18.8. The molecule has 0 saturated carbocycles. The number of carbonyl (C=O) groups excluding carboxylic acids is 3. The number of likely N-dealkylation sites (tertiary alicyclic amines) is 1. The molecule has 166 valence electrons. The highest BCUT2D eigenvalue weighted by Gasteiger charge is 2.30. The minimum atomic E-state index is -0.285. The minimum Gasteiger partial charge on any atom is -0.466 e. The highest BCUT2D eigenvalue weighted by Crippen LogP contribution is 2.19. The van der Waals surface area contributed by atoms with Crippen LogP contribution in [0.4, 0.5) is 0 Å². The standard InChI is InChI=1S/C24H31N3O4/c1-5-31-24(30)20-7-6-14-26(15-20)22(28)16-25(4)23(29)19-10-12-21(13-11-19)27-17(2)8-9-18(27)3/h8-13,20H,5-7,14-16H2,1-4H3. The van der Waals surface area contributed by atoms with E-state index in [1.807, 2.05) is 26.0 Å². The van der Waals surface area contributed by atoms with Crippen molar-refractivity contribution in [3.63, 3.8) is 0 Å². The van der Waals surface area contributed by atoms with E-state index in [1.165, 1.54) is 4.90 Å². The average molecular weight is 426 g/mol. The lowest BCUT2D eigenvalue weighted by atomic mass is 9.98. The number of piperidine rings is 1. The van der Waals surface area contributed by atoms with E-state index >= 15 is 0 Å². The maximum Gasteiger partial charge on any atom is 0.310 e. The van der Waals surface area contributed by atoms with Gasteiger partial charge in [0.25, 0.3) is 5.91 Å². The van der Waals surface area contributed by atoms with E-state index in [1.54, 1.807) is 31.0 Å². The number of ether oxygens (including phenoxy) is 1. The van der Waals surface area contributed by atoms with Crippen molar-refractivity contribution in [2.45, 2.75) is 33.6 Å². The van der Waals surface area contributed by atoms with Gasteiger partial charge >= 0.3 is 5.97 Å². The summed E-state index contributed by atoms with van der Waals surface area (Å²) in [5.41, 5.74) is 3.78. The molecule has 31 heavy (non-hydrogen) atoms. The SMILES string of the molecule is CCOC(=O)C1CCCN(C(=O)CN(C)C(=O)c2ccc(-n3c(C)ccc3C)cc2)C1. The van der Waals surface area contributed by atoms with Gasteiger partial charge in [-0.3, -0.25) is 14.4 Å². The van der Waals surface area contributed by atoms with Crippen LogP contribution in [-0.4, -0.2) is 65.4 Å². The molecule has 1 aromatic carbocycles. The fourth-order valence-electron chi connectivity index (χ4n) is 4.08. The van der Waals surface area contributed by atoms with Crippen LogP contribution in [-0.2, 0) is 14.3 Å². The molecule has 1 aromatic heterocycles. The molecule has 7 heteroatoms. The van der Waals surface area contributed by atoms with Crippen LogP contribution < -0.4 is 0 Å². The highest BCUT2D eigenvalue weighted by atomic mass is 16.5. The topological polar surface area (TPSA) is 71.8 Å². The Morgan fingerprint density at radius 3 is 2.32 bits per heavy atom. The zero-order chi connectivity index (χ0) is 22.5. The number of carbonyl (C=O) groups is 3. The Kier molecular flexibility index (Phi) is 7.15. The number of hydrogen-bond acceptors (Lipinski definition) is 4. The Labute approximate surface area is 183 Å². The third kappa shape index (κ3) is 5.16. The maximum atomic E-state index is 12.8. The second-order valence-electron chi connectivity index (χ2n) is 8.09. The van der Waals surface area contributed by atoms with Crippen LogP contribution in [0.15, 0.2) is 36.4 Å². The van der Waals surface area contributed by atoms with Crippen molar-refractivity contribution in [1.82, 2.24) is 14.4 Å². The lowest BCUT2D eigenvalue weighted by Crippen LogP contribution is -2.47. The van der Waals surface area contributed by atoms with Gasteiger partial charge < -0.3 is 19.1 Å². The number of hydrogen-bond donors (Lipinski definition) is 0. The fourth-order valence-corrected chi connectivity index (χ4v) is 4.08. The summed E-state index contributed by atoms with van der Waals surface area (Å²) in [7, 11) is 1.63. The smallest absolute Gasteiger partial charge is 0.310 e. The predicted molar refractivity (Wildman–Crippen MR) is 118 cm³/mol. The van der Waals surface area contributed by atoms with Gasteiger partial charge in [0.1, 0.15) is 0 Å². The number of benzene rings is 1. The summed E-state index contributed by atoms with van der Waals surface area (Å²) in [6.45, 7) is 7.12. The predicted octanol–water partition coefficient (Wildman–Crippen LogP) is 2.97. The van der Waals surface area contributed by atoms with E-state index in [2.05, 4.69) is 16.7 Å². The Hall–Kier alpha value is -3.09. The van der Waals surface area contributed by atoms with Gasteiger partial charge in [-0.15, -0.1) is 0 Å². The van der Waals surface area contributed by atoms with Crippen molar-refractivity contribution in [3.05, 3.63) is 53.3 Å². The van der Waals surface area contributed by atoms with E-state index in [0.29, 0.717) is 25.3 Å². The number of aromatic nitrogens is 1. The quantitative estimate of drug-likeness (QED) is 0.667. The Balaban J connectivity index is 1.61. The number of likely N-dealkylation sites (N-methyl/N-ethyl adjacent to an activating group) is 1. The fraction of sp³-hybridized carbons (Fsp3) is 0.458. The van der Waals surface area contributed by atoms with E-state index in [-0.39, 0.29) is 30.2 Å². The maximum absolute atomic E-state index is 12.8. The van der Waals surface area contributed by atoms with Gasteiger partial charge in [-0.2, -0.15) is 0 Å². The van der Waals surface area contributed by atoms with Gasteiger partial charge in [0.2, 0.25) is 5.91 Å². The van der Waals surface area contributed by atoms with Crippen LogP contribution in [0.25, 0.3) is 5.69 Å². The van der Waals surface area contributed by atoms with Crippen molar-refractivity contribution in [2.24, 2.45) is 5.92 Å². The lowest BCUT2D eigenvalue weighted by Gasteiger charge is -2.32.